The van der Waals surface area contributed by atoms with Crippen molar-refractivity contribution in [2.75, 3.05) is 6.61 Å². The van der Waals surface area contributed by atoms with E-state index < -0.39 is 18.2 Å². The van der Waals surface area contributed by atoms with Gasteiger partial charge in [0, 0.05) is 5.56 Å². The van der Waals surface area contributed by atoms with Crippen LogP contribution in [-0.4, -0.2) is 24.1 Å². The quantitative estimate of drug-likeness (QED) is 0.346. The molecule has 0 unspecified atom stereocenters. The molecule has 0 spiro atoms. The van der Waals surface area contributed by atoms with Gasteiger partial charge in [-0.2, -0.15) is 0 Å². The standard InChI is InChI=1S/C14H16O4/c1-4-18-14(17)13(16)8-12(15)11-6-9(2)5-10(3)7-11/h5-7H,4,8H2,1-3H3. The van der Waals surface area contributed by atoms with E-state index in [0.29, 0.717) is 5.56 Å². The molecule has 0 heterocycles. The average molecular weight is 248 g/mol. The van der Waals surface area contributed by atoms with Gasteiger partial charge in [0.2, 0.25) is 5.78 Å². The fourth-order valence-corrected chi connectivity index (χ4v) is 1.67. The normalized spacial score (nSPS) is 9.94. The van der Waals surface area contributed by atoms with Crippen LogP contribution in [0.5, 0.6) is 0 Å². The zero-order valence-electron chi connectivity index (χ0n) is 10.8. The number of ketones is 2. The van der Waals surface area contributed by atoms with Gasteiger partial charge in [0.25, 0.3) is 0 Å². The number of aryl methyl sites for hydroxylation is 2. The molecular weight excluding hydrogens is 232 g/mol. The molecule has 0 aromatic heterocycles. The lowest BCUT2D eigenvalue weighted by Crippen LogP contribution is -2.20. The second-order valence-electron chi connectivity index (χ2n) is 4.12. The highest BCUT2D eigenvalue weighted by Crippen LogP contribution is 2.11. The van der Waals surface area contributed by atoms with E-state index in [2.05, 4.69) is 4.74 Å². The lowest BCUT2D eigenvalue weighted by Gasteiger charge is -2.04. The number of hydrogen-bond donors (Lipinski definition) is 0. The predicted molar refractivity (Wildman–Crippen MR) is 66.5 cm³/mol. The topological polar surface area (TPSA) is 60.4 Å². The fraction of sp³-hybridized carbons (Fsp3) is 0.357. The Balaban J connectivity index is 2.76. The van der Waals surface area contributed by atoms with Crippen LogP contribution in [0, 0.1) is 13.8 Å². The maximum absolute atomic E-state index is 11.8. The lowest BCUT2D eigenvalue weighted by molar-refractivity contribution is -0.153. The van der Waals surface area contributed by atoms with Crippen molar-refractivity contribution in [2.45, 2.75) is 27.2 Å². The lowest BCUT2D eigenvalue weighted by atomic mass is 10.0. The van der Waals surface area contributed by atoms with Crippen molar-refractivity contribution < 1.29 is 19.1 Å². The highest BCUT2D eigenvalue weighted by molar-refractivity contribution is 6.38. The molecule has 96 valence electrons. The summed E-state index contributed by atoms with van der Waals surface area (Å²) in [6.45, 7) is 5.48. The molecule has 4 nitrogen and oxygen atoms in total. The number of hydrogen-bond acceptors (Lipinski definition) is 4. The van der Waals surface area contributed by atoms with Crippen molar-refractivity contribution in [3.05, 3.63) is 34.9 Å². The van der Waals surface area contributed by atoms with Gasteiger partial charge < -0.3 is 4.74 Å². The third kappa shape index (κ3) is 3.80. The van der Waals surface area contributed by atoms with E-state index in [-0.39, 0.29) is 12.4 Å². The minimum Gasteiger partial charge on any atom is -0.460 e. The first-order valence-electron chi connectivity index (χ1n) is 5.75. The van der Waals surface area contributed by atoms with Gasteiger partial charge in [-0.3, -0.25) is 9.59 Å². The van der Waals surface area contributed by atoms with Crippen LogP contribution in [0.3, 0.4) is 0 Å². The summed E-state index contributed by atoms with van der Waals surface area (Å²) in [4.78, 5) is 34.4. The molecule has 1 rings (SSSR count). The number of esters is 1. The summed E-state index contributed by atoms with van der Waals surface area (Å²) in [6.07, 6.45) is -0.443. The fourth-order valence-electron chi connectivity index (χ4n) is 1.67. The van der Waals surface area contributed by atoms with Gasteiger partial charge in [-0.15, -0.1) is 0 Å². The van der Waals surface area contributed by atoms with Crippen molar-refractivity contribution >= 4 is 17.5 Å². The molecule has 4 heteroatoms. The molecule has 0 radical (unpaired) electrons. The van der Waals surface area contributed by atoms with Crippen molar-refractivity contribution in [3.63, 3.8) is 0 Å². The van der Waals surface area contributed by atoms with Crippen LogP contribution in [0.2, 0.25) is 0 Å². The van der Waals surface area contributed by atoms with Crippen LogP contribution >= 0.6 is 0 Å². The minimum absolute atomic E-state index is 0.127. The Bertz CT molecular complexity index is 468. The molecule has 0 aliphatic heterocycles. The van der Waals surface area contributed by atoms with E-state index >= 15 is 0 Å². The van der Waals surface area contributed by atoms with Gasteiger partial charge >= 0.3 is 5.97 Å². The van der Waals surface area contributed by atoms with Gasteiger partial charge in [-0.05, 0) is 32.9 Å². The predicted octanol–water partition coefficient (Wildman–Crippen LogP) is 2.01. The molecule has 0 saturated carbocycles. The maximum atomic E-state index is 11.8. The molecule has 1 aromatic carbocycles. The van der Waals surface area contributed by atoms with Crippen LogP contribution in [0.1, 0.15) is 34.8 Å². The number of benzene rings is 1. The molecule has 0 bridgehead atoms. The summed E-state index contributed by atoms with van der Waals surface area (Å²) in [6, 6.07) is 5.34. The van der Waals surface area contributed by atoms with Crippen LogP contribution in [0.25, 0.3) is 0 Å². The summed E-state index contributed by atoms with van der Waals surface area (Å²) < 4.78 is 4.55. The van der Waals surface area contributed by atoms with Crippen molar-refractivity contribution in [2.24, 2.45) is 0 Å². The van der Waals surface area contributed by atoms with Gasteiger partial charge in [0.1, 0.15) is 0 Å². The molecule has 0 fully saturated rings. The number of carbonyl (C=O) groups is 3. The Morgan fingerprint density at radius 1 is 1.06 bits per heavy atom. The molecule has 1 aromatic rings. The summed E-state index contributed by atoms with van der Waals surface area (Å²) >= 11 is 0. The zero-order valence-corrected chi connectivity index (χ0v) is 10.8. The van der Waals surface area contributed by atoms with Gasteiger partial charge in [0.05, 0.1) is 13.0 Å². The smallest absolute Gasteiger partial charge is 0.375 e. The van der Waals surface area contributed by atoms with Crippen molar-refractivity contribution in [1.29, 1.82) is 0 Å². The SMILES string of the molecule is CCOC(=O)C(=O)CC(=O)c1cc(C)cc(C)c1. The molecule has 0 saturated heterocycles. The second-order valence-corrected chi connectivity index (χ2v) is 4.12. The molecule has 0 N–H and O–H groups in total. The summed E-state index contributed by atoms with van der Waals surface area (Å²) in [5.41, 5.74) is 2.34. The van der Waals surface area contributed by atoms with Gasteiger partial charge in [-0.1, -0.05) is 17.2 Å². The Morgan fingerprint density at radius 2 is 1.61 bits per heavy atom. The van der Waals surface area contributed by atoms with E-state index in [4.69, 9.17) is 0 Å². The van der Waals surface area contributed by atoms with Gasteiger partial charge in [0.15, 0.2) is 5.78 Å². The number of Topliss-reactive ketones (excluding diaryl/α,β-unsaturated/α-hetero) is 2. The molecule has 0 aliphatic rings. The number of carbonyl (C=O) groups excluding carboxylic acids is 3. The highest BCUT2D eigenvalue weighted by atomic mass is 16.5. The first-order chi connectivity index (χ1) is 8.43. The Hall–Kier alpha value is -1.97. The number of rotatable bonds is 5. The van der Waals surface area contributed by atoms with E-state index in [1.54, 1.807) is 19.1 Å². The molecule has 0 amide bonds. The van der Waals surface area contributed by atoms with Gasteiger partial charge in [-0.25, -0.2) is 4.79 Å². The van der Waals surface area contributed by atoms with E-state index in [1.807, 2.05) is 19.9 Å². The monoisotopic (exact) mass is 248 g/mol. The summed E-state index contributed by atoms with van der Waals surface area (Å²) in [5.74, 6) is -2.11. The van der Waals surface area contributed by atoms with Crippen molar-refractivity contribution in [1.82, 2.24) is 0 Å². The number of ether oxygens (including phenoxy) is 1. The van der Waals surface area contributed by atoms with E-state index in [0.717, 1.165) is 11.1 Å². The van der Waals surface area contributed by atoms with Crippen LogP contribution in [0.15, 0.2) is 18.2 Å². The summed E-state index contributed by atoms with van der Waals surface area (Å²) in [7, 11) is 0. The average Bonchev–Trinajstić information content (AvgIpc) is 2.27. The largest absolute Gasteiger partial charge is 0.460 e. The molecule has 18 heavy (non-hydrogen) atoms. The molecule has 0 aliphatic carbocycles. The molecule has 0 atom stereocenters. The summed E-state index contributed by atoms with van der Waals surface area (Å²) in [5, 5.41) is 0. The van der Waals surface area contributed by atoms with Crippen LogP contribution in [0.4, 0.5) is 0 Å². The first kappa shape index (κ1) is 14.1. The highest BCUT2D eigenvalue weighted by Gasteiger charge is 2.20. The Labute approximate surface area is 106 Å². The van der Waals surface area contributed by atoms with Crippen LogP contribution in [-0.2, 0) is 14.3 Å². The van der Waals surface area contributed by atoms with E-state index in [9.17, 15) is 14.4 Å². The Kier molecular flexibility index (Phi) is 4.77. The third-order valence-corrected chi connectivity index (χ3v) is 2.37. The zero-order chi connectivity index (χ0) is 13.7. The Morgan fingerprint density at radius 3 is 2.11 bits per heavy atom. The maximum Gasteiger partial charge on any atom is 0.375 e. The first-order valence-corrected chi connectivity index (χ1v) is 5.75. The third-order valence-electron chi connectivity index (χ3n) is 2.37. The second kappa shape index (κ2) is 6.10. The van der Waals surface area contributed by atoms with Crippen LogP contribution < -0.4 is 0 Å². The van der Waals surface area contributed by atoms with E-state index in [1.165, 1.54) is 0 Å². The minimum atomic E-state index is -0.949. The van der Waals surface area contributed by atoms with Crippen molar-refractivity contribution in [3.8, 4) is 0 Å². The molecular formula is C14H16O4.